The molecule has 0 amide bonds. The second-order valence-corrected chi connectivity index (χ2v) is 9.32. The molecule has 0 spiro atoms. The van der Waals surface area contributed by atoms with E-state index in [4.69, 9.17) is 0 Å². The molecule has 4 rings (SSSR count). The monoisotopic (exact) mass is 406 g/mol. The zero-order chi connectivity index (χ0) is 20.5. The third kappa shape index (κ3) is 2.43. The van der Waals surface area contributed by atoms with Crippen LogP contribution in [0.4, 0.5) is 22.0 Å². The van der Waals surface area contributed by atoms with Crippen LogP contribution in [0, 0.1) is 29.1 Å². The molecule has 0 unspecified atom stereocenters. The van der Waals surface area contributed by atoms with Gasteiger partial charge in [0.15, 0.2) is 5.78 Å². The van der Waals surface area contributed by atoms with Gasteiger partial charge in [0.2, 0.25) is 0 Å². The number of rotatable bonds is 2. The van der Waals surface area contributed by atoms with Gasteiger partial charge in [0.05, 0.1) is 0 Å². The molecule has 4 aliphatic carbocycles. The highest BCUT2D eigenvalue weighted by molar-refractivity contribution is 5.91. The molecule has 3 saturated carbocycles. The van der Waals surface area contributed by atoms with Gasteiger partial charge in [0.1, 0.15) is 5.60 Å². The maximum absolute atomic E-state index is 14.5. The van der Waals surface area contributed by atoms with Crippen LogP contribution in [0.3, 0.4) is 0 Å². The lowest BCUT2D eigenvalue weighted by Gasteiger charge is -2.57. The number of carbonyl (C=O) groups excluding carboxylic acids is 1. The number of hydrogen-bond donors (Lipinski definition) is 1. The third-order valence-corrected chi connectivity index (χ3v) is 8.66. The van der Waals surface area contributed by atoms with Gasteiger partial charge in [-0.25, -0.2) is 0 Å². The van der Waals surface area contributed by atoms with Gasteiger partial charge < -0.3 is 5.11 Å². The zero-order valence-electron chi connectivity index (χ0n) is 16.0. The molecule has 158 valence electrons. The number of halogens is 5. The molecule has 0 aromatic rings. The van der Waals surface area contributed by atoms with Crippen molar-refractivity contribution in [2.24, 2.45) is 29.1 Å². The van der Waals surface area contributed by atoms with Crippen LogP contribution in [-0.2, 0) is 4.79 Å². The standard InChI is InChI=1S/C21H27F5O2/c1-2-18-9-7-15-14-6-4-13(27)11-12(14)3-5-16(15)17(18)8-10-19(18,28)20(22,23)21(24,25)26/h11,14-17,28H,2-10H2,1H3/t14-,15+,16+,17-,18-,19-/m0/s1. The Morgan fingerprint density at radius 3 is 2.39 bits per heavy atom. The van der Waals surface area contributed by atoms with Gasteiger partial charge in [0.25, 0.3) is 0 Å². The highest BCUT2D eigenvalue weighted by Crippen LogP contribution is 2.70. The van der Waals surface area contributed by atoms with Crippen molar-refractivity contribution in [1.29, 1.82) is 0 Å². The number of hydrogen-bond acceptors (Lipinski definition) is 2. The Bertz CT molecular complexity index is 699. The van der Waals surface area contributed by atoms with E-state index in [0.29, 0.717) is 25.7 Å². The van der Waals surface area contributed by atoms with Crippen LogP contribution in [0.1, 0.15) is 64.7 Å². The molecule has 0 saturated heterocycles. The van der Waals surface area contributed by atoms with E-state index in [2.05, 4.69) is 0 Å². The lowest BCUT2D eigenvalue weighted by atomic mass is 9.48. The summed E-state index contributed by atoms with van der Waals surface area (Å²) in [7, 11) is 0. The predicted octanol–water partition coefficient (Wildman–Crippen LogP) is 5.45. The topological polar surface area (TPSA) is 37.3 Å². The Morgan fingerprint density at radius 1 is 1.04 bits per heavy atom. The molecule has 3 fully saturated rings. The lowest BCUT2D eigenvalue weighted by molar-refractivity contribution is -0.365. The average Bonchev–Trinajstić information content (AvgIpc) is 2.95. The smallest absolute Gasteiger partial charge is 0.383 e. The van der Waals surface area contributed by atoms with Gasteiger partial charge in [0, 0.05) is 11.8 Å². The second-order valence-electron chi connectivity index (χ2n) is 9.32. The second kappa shape index (κ2) is 6.26. The van der Waals surface area contributed by atoms with Crippen LogP contribution >= 0.6 is 0 Å². The van der Waals surface area contributed by atoms with Crippen LogP contribution in [-0.4, -0.2) is 28.6 Å². The van der Waals surface area contributed by atoms with Crippen molar-refractivity contribution in [1.82, 2.24) is 0 Å². The SMILES string of the molecule is CC[C@]12CC[C@H]3[C@@H](CCC4=CC(=O)CC[C@@H]43)[C@@H]1CC[C@@]2(O)C(F)(F)C(F)(F)F. The fraction of sp³-hybridized carbons (Fsp3) is 0.857. The van der Waals surface area contributed by atoms with Gasteiger partial charge >= 0.3 is 12.1 Å². The van der Waals surface area contributed by atoms with Crippen LogP contribution < -0.4 is 0 Å². The van der Waals surface area contributed by atoms with Gasteiger partial charge in [-0.2, -0.15) is 22.0 Å². The van der Waals surface area contributed by atoms with E-state index in [-0.39, 0.29) is 48.7 Å². The van der Waals surface area contributed by atoms with Crippen molar-refractivity contribution in [3.05, 3.63) is 11.6 Å². The van der Waals surface area contributed by atoms with Gasteiger partial charge in [-0.15, -0.1) is 0 Å². The van der Waals surface area contributed by atoms with E-state index in [1.165, 1.54) is 0 Å². The Hall–Kier alpha value is -0.980. The van der Waals surface area contributed by atoms with Crippen molar-refractivity contribution in [3.8, 4) is 0 Å². The number of allylic oxidation sites excluding steroid dienone is 1. The first-order chi connectivity index (χ1) is 13.0. The van der Waals surface area contributed by atoms with Crippen LogP contribution in [0.5, 0.6) is 0 Å². The first-order valence-electron chi connectivity index (χ1n) is 10.4. The fourth-order valence-electron chi connectivity index (χ4n) is 7.45. The molecule has 0 heterocycles. The summed E-state index contributed by atoms with van der Waals surface area (Å²) in [5.41, 5.74) is -3.31. The summed E-state index contributed by atoms with van der Waals surface area (Å²) in [6, 6.07) is 0. The number of carbonyl (C=O) groups is 1. The maximum Gasteiger partial charge on any atom is 0.456 e. The molecule has 6 atom stereocenters. The Balaban J connectivity index is 1.70. The van der Waals surface area contributed by atoms with Gasteiger partial charge in [-0.3, -0.25) is 4.79 Å². The minimum absolute atomic E-state index is 0.0436. The molecular formula is C21H27F5O2. The van der Waals surface area contributed by atoms with Crippen LogP contribution in [0.2, 0.25) is 0 Å². The minimum atomic E-state index is -5.76. The largest absolute Gasteiger partial charge is 0.456 e. The number of aliphatic hydroxyl groups is 1. The molecule has 4 aliphatic rings. The summed E-state index contributed by atoms with van der Waals surface area (Å²) >= 11 is 0. The van der Waals surface area contributed by atoms with Crippen molar-refractivity contribution in [3.63, 3.8) is 0 Å². The third-order valence-electron chi connectivity index (χ3n) is 8.66. The molecule has 0 bridgehead atoms. The quantitative estimate of drug-likeness (QED) is 0.620. The highest BCUT2D eigenvalue weighted by Gasteiger charge is 2.79. The summed E-state index contributed by atoms with van der Waals surface area (Å²) in [6.45, 7) is 1.64. The summed E-state index contributed by atoms with van der Waals surface area (Å²) in [4.78, 5) is 11.7. The predicted molar refractivity (Wildman–Crippen MR) is 92.7 cm³/mol. The normalized spacial score (nSPS) is 43.8. The average molecular weight is 406 g/mol. The van der Waals surface area contributed by atoms with Gasteiger partial charge in [-0.05, 0) is 81.1 Å². The molecule has 2 nitrogen and oxygen atoms in total. The van der Waals surface area contributed by atoms with Crippen molar-refractivity contribution in [2.45, 2.75) is 82.4 Å². The molecule has 28 heavy (non-hydrogen) atoms. The zero-order valence-corrected chi connectivity index (χ0v) is 16.0. The fourth-order valence-corrected chi connectivity index (χ4v) is 7.45. The van der Waals surface area contributed by atoms with Gasteiger partial charge in [-0.1, -0.05) is 12.5 Å². The van der Waals surface area contributed by atoms with E-state index >= 15 is 0 Å². The first-order valence-corrected chi connectivity index (χ1v) is 10.4. The summed E-state index contributed by atoms with van der Waals surface area (Å²) in [6.07, 6.45) is -0.822. The first kappa shape index (κ1) is 20.3. The molecule has 7 heteroatoms. The molecule has 0 aliphatic heterocycles. The highest BCUT2D eigenvalue weighted by atomic mass is 19.4. The molecule has 0 radical (unpaired) electrons. The van der Waals surface area contributed by atoms with Crippen molar-refractivity contribution < 1.29 is 31.9 Å². The molecule has 0 aromatic heterocycles. The lowest BCUT2D eigenvalue weighted by Crippen LogP contribution is -2.66. The van der Waals surface area contributed by atoms with E-state index < -0.39 is 29.5 Å². The van der Waals surface area contributed by atoms with Crippen molar-refractivity contribution in [2.75, 3.05) is 0 Å². The summed E-state index contributed by atoms with van der Waals surface area (Å²) in [5, 5.41) is 10.9. The van der Waals surface area contributed by atoms with E-state index in [9.17, 15) is 31.9 Å². The van der Waals surface area contributed by atoms with E-state index in [1.54, 1.807) is 13.0 Å². The molecular weight excluding hydrogens is 379 g/mol. The summed E-state index contributed by atoms with van der Waals surface area (Å²) < 4.78 is 68.8. The number of fused-ring (bicyclic) bond motifs is 5. The summed E-state index contributed by atoms with van der Waals surface area (Å²) in [5.74, 6) is -4.81. The number of alkyl halides is 5. The minimum Gasteiger partial charge on any atom is -0.383 e. The van der Waals surface area contributed by atoms with E-state index in [0.717, 1.165) is 12.0 Å². The maximum atomic E-state index is 14.5. The van der Waals surface area contributed by atoms with E-state index in [1.807, 2.05) is 0 Å². The Kier molecular flexibility index (Phi) is 4.54. The molecule has 1 N–H and O–H groups in total. The van der Waals surface area contributed by atoms with Crippen molar-refractivity contribution >= 4 is 5.78 Å². The number of ketones is 1. The van der Waals surface area contributed by atoms with Crippen LogP contribution in [0.25, 0.3) is 0 Å². The Labute approximate surface area is 161 Å². The molecule has 0 aromatic carbocycles. The van der Waals surface area contributed by atoms with Crippen LogP contribution in [0.15, 0.2) is 11.6 Å². The Morgan fingerprint density at radius 2 is 1.75 bits per heavy atom.